The molecular weight excluding hydrogens is 364 g/mol. The maximum Gasteiger partial charge on any atom is 0.267 e. The lowest BCUT2D eigenvalue weighted by atomic mass is 9.97. The average molecular weight is 395 g/mol. The molecule has 0 radical (unpaired) electrons. The second kappa shape index (κ2) is 8.22. The Morgan fingerprint density at radius 3 is 2.24 bits per heavy atom. The highest BCUT2D eigenvalue weighted by Crippen LogP contribution is 2.23. The highest BCUT2D eigenvalue weighted by atomic mass is 16.1. The first-order valence-electron chi connectivity index (χ1n) is 11.2. The van der Waals surface area contributed by atoms with E-state index in [-0.39, 0.29) is 5.56 Å². The molecule has 7 nitrogen and oxygen atoms in total. The van der Waals surface area contributed by atoms with Gasteiger partial charge in [-0.15, -0.1) is 5.10 Å². The van der Waals surface area contributed by atoms with Crippen LogP contribution in [0.4, 0.5) is 5.82 Å². The van der Waals surface area contributed by atoms with Crippen LogP contribution >= 0.6 is 0 Å². The molecule has 0 spiro atoms. The Morgan fingerprint density at radius 1 is 0.759 bits per heavy atom. The minimum Gasteiger partial charge on any atom is -0.353 e. The summed E-state index contributed by atoms with van der Waals surface area (Å²) in [5.74, 6) is 1.03. The van der Waals surface area contributed by atoms with Gasteiger partial charge in [-0.05, 0) is 68.6 Å². The summed E-state index contributed by atoms with van der Waals surface area (Å²) in [6, 6.07) is 4.07. The average Bonchev–Trinajstić information content (AvgIpc) is 2.78. The first-order valence-corrected chi connectivity index (χ1v) is 11.2. The van der Waals surface area contributed by atoms with E-state index in [4.69, 9.17) is 0 Å². The Kier molecular flexibility index (Phi) is 5.31. The Bertz CT molecular complexity index is 931. The number of hydrogen-bond acceptors (Lipinski definition) is 6. The largest absolute Gasteiger partial charge is 0.353 e. The van der Waals surface area contributed by atoms with Gasteiger partial charge in [-0.2, -0.15) is 10.2 Å². The van der Waals surface area contributed by atoms with E-state index in [1.807, 2.05) is 6.07 Å². The summed E-state index contributed by atoms with van der Waals surface area (Å²) in [4.78, 5) is 17.2. The van der Waals surface area contributed by atoms with E-state index in [1.165, 1.54) is 36.9 Å². The van der Waals surface area contributed by atoms with Crippen molar-refractivity contribution in [2.45, 2.75) is 57.9 Å². The molecular formula is C22H30N6O. The number of piperazine rings is 1. The van der Waals surface area contributed by atoms with E-state index in [0.29, 0.717) is 6.54 Å². The monoisotopic (exact) mass is 394 g/mol. The molecule has 3 aliphatic rings. The van der Waals surface area contributed by atoms with Crippen LogP contribution in [0.25, 0.3) is 0 Å². The van der Waals surface area contributed by atoms with Crippen molar-refractivity contribution in [3.05, 3.63) is 45.0 Å². The van der Waals surface area contributed by atoms with Crippen LogP contribution in [-0.4, -0.2) is 57.6 Å². The predicted octanol–water partition coefficient (Wildman–Crippen LogP) is 1.61. The van der Waals surface area contributed by atoms with Gasteiger partial charge >= 0.3 is 0 Å². The molecule has 2 aromatic heterocycles. The summed E-state index contributed by atoms with van der Waals surface area (Å²) in [7, 11) is 0. The van der Waals surface area contributed by atoms with Gasteiger partial charge in [-0.25, -0.2) is 4.68 Å². The zero-order valence-corrected chi connectivity index (χ0v) is 17.1. The van der Waals surface area contributed by atoms with Gasteiger partial charge in [-0.3, -0.25) is 9.69 Å². The molecule has 0 atom stereocenters. The Balaban J connectivity index is 1.17. The van der Waals surface area contributed by atoms with Gasteiger partial charge in [0.15, 0.2) is 5.82 Å². The predicted molar refractivity (Wildman–Crippen MR) is 112 cm³/mol. The molecule has 2 aliphatic carbocycles. The third kappa shape index (κ3) is 4.06. The van der Waals surface area contributed by atoms with Crippen molar-refractivity contribution >= 4 is 5.82 Å². The van der Waals surface area contributed by atoms with Gasteiger partial charge in [0.05, 0.1) is 17.9 Å². The molecule has 1 fully saturated rings. The fourth-order valence-electron chi connectivity index (χ4n) is 4.83. The van der Waals surface area contributed by atoms with Gasteiger partial charge in [0.25, 0.3) is 5.56 Å². The van der Waals surface area contributed by atoms with Crippen LogP contribution in [0.5, 0.6) is 0 Å². The smallest absolute Gasteiger partial charge is 0.267 e. The molecule has 0 saturated carbocycles. The normalized spacial score (nSPS) is 19.7. The molecule has 2 aromatic rings. The second-order valence-electron chi connectivity index (χ2n) is 8.60. The number of hydrogen-bond donors (Lipinski definition) is 0. The van der Waals surface area contributed by atoms with Crippen molar-refractivity contribution in [2.75, 3.05) is 37.6 Å². The minimum atomic E-state index is 0.0496. The van der Waals surface area contributed by atoms with Crippen LogP contribution in [0, 0.1) is 0 Å². The summed E-state index contributed by atoms with van der Waals surface area (Å²) in [5.41, 5.74) is 4.93. The molecule has 0 N–H and O–H groups in total. The van der Waals surface area contributed by atoms with Crippen LogP contribution < -0.4 is 10.5 Å². The van der Waals surface area contributed by atoms with E-state index in [9.17, 15) is 4.79 Å². The zero-order chi connectivity index (χ0) is 19.6. The lowest BCUT2D eigenvalue weighted by Gasteiger charge is -2.35. The molecule has 0 bridgehead atoms. The van der Waals surface area contributed by atoms with Crippen LogP contribution in [-0.2, 0) is 32.2 Å². The lowest BCUT2D eigenvalue weighted by molar-refractivity contribution is 0.241. The van der Waals surface area contributed by atoms with Crippen molar-refractivity contribution in [1.29, 1.82) is 0 Å². The number of nitrogens with zero attached hydrogens (tertiary/aromatic N) is 6. The Labute approximate surface area is 171 Å². The number of aromatic nitrogens is 4. The van der Waals surface area contributed by atoms with Crippen molar-refractivity contribution in [2.24, 2.45) is 0 Å². The van der Waals surface area contributed by atoms with Gasteiger partial charge in [0.1, 0.15) is 0 Å². The van der Waals surface area contributed by atoms with E-state index in [1.54, 1.807) is 4.68 Å². The summed E-state index contributed by atoms with van der Waals surface area (Å²) in [5, 5.41) is 13.6. The lowest BCUT2D eigenvalue weighted by Crippen LogP contribution is -2.48. The Morgan fingerprint density at radius 2 is 1.45 bits per heavy atom. The molecule has 154 valence electrons. The highest BCUT2D eigenvalue weighted by Gasteiger charge is 2.21. The van der Waals surface area contributed by atoms with Crippen LogP contribution in [0.3, 0.4) is 0 Å². The van der Waals surface area contributed by atoms with Crippen LogP contribution in [0.15, 0.2) is 16.9 Å². The summed E-state index contributed by atoms with van der Waals surface area (Å²) in [6.07, 6.45) is 9.10. The van der Waals surface area contributed by atoms with E-state index < -0.39 is 0 Å². The van der Waals surface area contributed by atoms with E-state index >= 15 is 0 Å². The van der Waals surface area contributed by atoms with Crippen molar-refractivity contribution < 1.29 is 0 Å². The molecule has 5 rings (SSSR count). The minimum absolute atomic E-state index is 0.0496. The summed E-state index contributed by atoms with van der Waals surface area (Å²) < 4.78 is 1.67. The van der Waals surface area contributed by atoms with Crippen LogP contribution in [0.2, 0.25) is 0 Å². The molecule has 29 heavy (non-hydrogen) atoms. The molecule has 3 heterocycles. The van der Waals surface area contributed by atoms with Crippen LogP contribution in [0.1, 0.15) is 48.2 Å². The molecule has 1 saturated heterocycles. The first-order chi connectivity index (χ1) is 14.3. The third-order valence-electron chi connectivity index (χ3n) is 6.66. The first kappa shape index (κ1) is 18.7. The van der Waals surface area contributed by atoms with Gasteiger partial charge in [0, 0.05) is 38.8 Å². The third-order valence-corrected chi connectivity index (χ3v) is 6.66. The quantitative estimate of drug-likeness (QED) is 0.785. The maximum atomic E-state index is 12.4. The number of aryl methyl sites for hydroxylation is 4. The zero-order valence-electron chi connectivity index (χ0n) is 17.1. The fraction of sp³-hybridized carbons (Fsp3) is 0.636. The van der Waals surface area contributed by atoms with Crippen molar-refractivity contribution in [3.8, 4) is 0 Å². The fourth-order valence-corrected chi connectivity index (χ4v) is 4.83. The SMILES string of the molecule is O=c1cc2c(nn1CCN1CCN(c3cc4c(nn3)CCCC4)CC1)CCCC2. The maximum absolute atomic E-state index is 12.4. The number of fused-ring (bicyclic) bond motifs is 2. The molecule has 0 aromatic carbocycles. The van der Waals surface area contributed by atoms with Gasteiger partial charge in [0.2, 0.25) is 0 Å². The number of rotatable bonds is 4. The molecule has 7 heteroatoms. The standard InChI is InChI=1S/C22H30N6O/c29-22-16-18-6-2-4-8-20(18)25-28(22)14-11-26-9-12-27(13-10-26)21-15-17-5-1-3-7-19(17)23-24-21/h15-16H,1-14H2. The molecule has 0 amide bonds. The van der Waals surface area contributed by atoms with Crippen molar-refractivity contribution in [1.82, 2.24) is 24.9 Å². The topological polar surface area (TPSA) is 67.2 Å². The molecule has 1 aliphatic heterocycles. The second-order valence-corrected chi connectivity index (χ2v) is 8.60. The van der Waals surface area contributed by atoms with Gasteiger partial charge in [-0.1, -0.05) is 0 Å². The number of anilines is 1. The van der Waals surface area contributed by atoms with Crippen molar-refractivity contribution in [3.63, 3.8) is 0 Å². The highest BCUT2D eigenvalue weighted by molar-refractivity contribution is 5.42. The molecule has 0 unspecified atom stereocenters. The summed E-state index contributed by atoms with van der Waals surface area (Å²) in [6.45, 7) is 5.43. The van der Waals surface area contributed by atoms with E-state index in [0.717, 1.165) is 75.5 Å². The Hall–Kier alpha value is -2.28. The van der Waals surface area contributed by atoms with E-state index in [2.05, 4.69) is 31.2 Å². The summed E-state index contributed by atoms with van der Waals surface area (Å²) >= 11 is 0. The van der Waals surface area contributed by atoms with Gasteiger partial charge < -0.3 is 4.90 Å².